The molecule has 0 spiro atoms. The number of carbonyl (C=O) groups is 2. The SMILES string of the molecule is CCOCCOC(C)C(=O)NC1CC(C(=O)O)C1. The Kier molecular flexibility index (Phi) is 6.07. The van der Waals surface area contributed by atoms with Crippen LogP contribution in [0.3, 0.4) is 0 Å². The number of hydrogen-bond acceptors (Lipinski definition) is 4. The minimum absolute atomic E-state index is 0.0310. The quantitative estimate of drug-likeness (QED) is 0.617. The van der Waals surface area contributed by atoms with Crippen molar-refractivity contribution in [3.63, 3.8) is 0 Å². The summed E-state index contributed by atoms with van der Waals surface area (Å²) in [4.78, 5) is 22.3. The smallest absolute Gasteiger partial charge is 0.306 e. The molecule has 0 radical (unpaired) electrons. The molecule has 0 heterocycles. The molecule has 1 amide bonds. The molecule has 6 nitrogen and oxygen atoms in total. The van der Waals surface area contributed by atoms with Crippen LogP contribution >= 0.6 is 0 Å². The second kappa shape index (κ2) is 7.33. The van der Waals surface area contributed by atoms with Crippen LogP contribution in [0.2, 0.25) is 0 Å². The van der Waals surface area contributed by atoms with Gasteiger partial charge in [0.2, 0.25) is 5.91 Å². The van der Waals surface area contributed by atoms with Crippen LogP contribution in [-0.4, -0.2) is 48.9 Å². The molecular weight excluding hydrogens is 238 g/mol. The average Bonchev–Trinajstić information content (AvgIpc) is 2.27. The summed E-state index contributed by atoms with van der Waals surface area (Å²) < 4.78 is 10.4. The normalized spacial score (nSPS) is 24.1. The van der Waals surface area contributed by atoms with Crippen molar-refractivity contribution < 1.29 is 24.2 Å². The fourth-order valence-electron chi connectivity index (χ4n) is 1.76. The van der Waals surface area contributed by atoms with Gasteiger partial charge in [-0.2, -0.15) is 0 Å². The van der Waals surface area contributed by atoms with Gasteiger partial charge in [0.05, 0.1) is 19.1 Å². The average molecular weight is 259 g/mol. The third kappa shape index (κ3) is 4.62. The number of carboxylic acid groups (broad SMARTS) is 1. The Morgan fingerprint density at radius 2 is 2.06 bits per heavy atom. The highest BCUT2D eigenvalue weighted by atomic mass is 16.5. The summed E-state index contributed by atoms with van der Waals surface area (Å²) in [5, 5.41) is 11.5. The number of nitrogens with one attached hydrogen (secondary N) is 1. The lowest BCUT2D eigenvalue weighted by molar-refractivity contribution is -0.147. The molecule has 0 aromatic rings. The molecule has 1 aliphatic carbocycles. The number of hydrogen-bond donors (Lipinski definition) is 2. The van der Waals surface area contributed by atoms with Crippen molar-refractivity contribution >= 4 is 11.9 Å². The molecule has 1 saturated carbocycles. The van der Waals surface area contributed by atoms with E-state index in [1.165, 1.54) is 0 Å². The summed E-state index contributed by atoms with van der Waals surface area (Å²) in [5.41, 5.74) is 0. The third-order valence-corrected chi connectivity index (χ3v) is 3.00. The van der Waals surface area contributed by atoms with Crippen LogP contribution in [-0.2, 0) is 19.1 Å². The molecule has 1 fully saturated rings. The van der Waals surface area contributed by atoms with E-state index < -0.39 is 12.1 Å². The van der Waals surface area contributed by atoms with Gasteiger partial charge in [-0.05, 0) is 26.7 Å². The van der Waals surface area contributed by atoms with Crippen LogP contribution in [0.15, 0.2) is 0 Å². The first-order chi connectivity index (χ1) is 8.54. The molecule has 0 bridgehead atoms. The largest absolute Gasteiger partial charge is 0.481 e. The van der Waals surface area contributed by atoms with Crippen LogP contribution < -0.4 is 5.32 Å². The summed E-state index contributed by atoms with van der Waals surface area (Å²) in [6, 6.07) is -0.0310. The number of carboxylic acids is 1. The Morgan fingerprint density at radius 1 is 1.39 bits per heavy atom. The first-order valence-electron chi connectivity index (χ1n) is 6.27. The number of ether oxygens (including phenoxy) is 2. The van der Waals surface area contributed by atoms with Gasteiger partial charge in [-0.25, -0.2) is 0 Å². The van der Waals surface area contributed by atoms with Crippen LogP contribution in [0.4, 0.5) is 0 Å². The van der Waals surface area contributed by atoms with E-state index in [2.05, 4.69) is 5.32 Å². The Morgan fingerprint density at radius 3 is 2.61 bits per heavy atom. The van der Waals surface area contributed by atoms with Crippen molar-refractivity contribution in [3.05, 3.63) is 0 Å². The summed E-state index contributed by atoms with van der Waals surface area (Å²) in [7, 11) is 0. The Bertz CT molecular complexity index is 288. The molecule has 1 aliphatic rings. The maximum atomic E-state index is 11.7. The van der Waals surface area contributed by atoms with Crippen LogP contribution in [0.1, 0.15) is 26.7 Å². The fraction of sp³-hybridized carbons (Fsp3) is 0.833. The lowest BCUT2D eigenvalue weighted by Gasteiger charge is -2.33. The van der Waals surface area contributed by atoms with Crippen molar-refractivity contribution in [2.75, 3.05) is 19.8 Å². The highest BCUT2D eigenvalue weighted by Gasteiger charge is 2.35. The van der Waals surface area contributed by atoms with E-state index in [0.717, 1.165) is 0 Å². The summed E-state index contributed by atoms with van der Waals surface area (Å²) in [6.07, 6.45) is 0.480. The first kappa shape index (κ1) is 14.9. The molecule has 1 atom stereocenters. The molecule has 1 unspecified atom stereocenters. The number of carbonyl (C=O) groups excluding carboxylic acids is 1. The maximum absolute atomic E-state index is 11.7. The predicted molar refractivity (Wildman–Crippen MR) is 64.2 cm³/mol. The summed E-state index contributed by atoms with van der Waals surface area (Å²) in [6.45, 7) is 5.05. The molecule has 0 saturated heterocycles. The topological polar surface area (TPSA) is 84.9 Å². The van der Waals surface area contributed by atoms with E-state index in [4.69, 9.17) is 14.6 Å². The van der Waals surface area contributed by atoms with Gasteiger partial charge in [0, 0.05) is 12.6 Å². The van der Waals surface area contributed by atoms with Gasteiger partial charge in [-0.1, -0.05) is 0 Å². The Hall–Kier alpha value is -1.14. The molecule has 0 aromatic heterocycles. The van der Waals surface area contributed by atoms with Gasteiger partial charge in [0.25, 0.3) is 0 Å². The van der Waals surface area contributed by atoms with Gasteiger partial charge in [-0.3, -0.25) is 9.59 Å². The van der Waals surface area contributed by atoms with E-state index in [-0.39, 0.29) is 17.9 Å². The number of amides is 1. The molecule has 2 N–H and O–H groups in total. The fourth-order valence-corrected chi connectivity index (χ4v) is 1.76. The highest BCUT2D eigenvalue weighted by molar-refractivity contribution is 5.81. The highest BCUT2D eigenvalue weighted by Crippen LogP contribution is 2.27. The van der Waals surface area contributed by atoms with Gasteiger partial charge < -0.3 is 19.9 Å². The van der Waals surface area contributed by atoms with Crippen molar-refractivity contribution in [2.45, 2.75) is 38.8 Å². The molecule has 0 aliphatic heterocycles. The zero-order chi connectivity index (χ0) is 13.5. The maximum Gasteiger partial charge on any atom is 0.306 e. The minimum atomic E-state index is -0.790. The van der Waals surface area contributed by atoms with E-state index in [9.17, 15) is 9.59 Å². The Balaban J connectivity index is 2.11. The molecule has 1 rings (SSSR count). The number of aliphatic carboxylic acids is 1. The standard InChI is InChI=1S/C12H21NO5/c1-3-17-4-5-18-8(2)11(14)13-10-6-9(7-10)12(15)16/h8-10H,3-7H2,1-2H3,(H,13,14)(H,15,16). The van der Waals surface area contributed by atoms with E-state index in [0.29, 0.717) is 32.7 Å². The van der Waals surface area contributed by atoms with E-state index in [1.807, 2.05) is 6.92 Å². The van der Waals surface area contributed by atoms with Gasteiger partial charge in [0.1, 0.15) is 6.10 Å². The van der Waals surface area contributed by atoms with Crippen molar-refractivity contribution in [2.24, 2.45) is 5.92 Å². The lowest BCUT2D eigenvalue weighted by atomic mass is 9.80. The molecule has 6 heteroatoms. The Labute approximate surface area is 107 Å². The van der Waals surface area contributed by atoms with Crippen LogP contribution in [0.25, 0.3) is 0 Å². The lowest BCUT2D eigenvalue weighted by Crippen LogP contribution is -2.49. The second-order valence-electron chi connectivity index (χ2n) is 4.42. The molecule has 104 valence electrons. The van der Waals surface area contributed by atoms with Gasteiger partial charge in [-0.15, -0.1) is 0 Å². The van der Waals surface area contributed by atoms with Gasteiger partial charge in [0.15, 0.2) is 0 Å². The van der Waals surface area contributed by atoms with E-state index in [1.54, 1.807) is 6.92 Å². The van der Waals surface area contributed by atoms with Crippen molar-refractivity contribution in [1.29, 1.82) is 0 Å². The number of rotatable bonds is 8. The van der Waals surface area contributed by atoms with Gasteiger partial charge >= 0.3 is 5.97 Å². The zero-order valence-electron chi connectivity index (χ0n) is 10.8. The van der Waals surface area contributed by atoms with E-state index >= 15 is 0 Å². The third-order valence-electron chi connectivity index (χ3n) is 3.00. The van der Waals surface area contributed by atoms with Crippen LogP contribution in [0.5, 0.6) is 0 Å². The monoisotopic (exact) mass is 259 g/mol. The summed E-state index contributed by atoms with van der Waals surface area (Å²) >= 11 is 0. The zero-order valence-corrected chi connectivity index (χ0v) is 10.8. The van der Waals surface area contributed by atoms with Crippen molar-refractivity contribution in [3.8, 4) is 0 Å². The molecule has 18 heavy (non-hydrogen) atoms. The summed E-state index contributed by atoms with van der Waals surface area (Å²) in [5.74, 6) is -1.30. The van der Waals surface area contributed by atoms with Crippen LogP contribution in [0, 0.1) is 5.92 Å². The molecular formula is C12H21NO5. The second-order valence-corrected chi connectivity index (χ2v) is 4.42. The molecule has 0 aromatic carbocycles. The minimum Gasteiger partial charge on any atom is -0.481 e. The first-order valence-corrected chi connectivity index (χ1v) is 6.27. The van der Waals surface area contributed by atoms with Crippen molar-refractivity contribution in [1.82, 2.24) is 5.32 Å². The predicted octanol–water partition coefficient (Wildman–Crippen LogP) is 0.407.